The molecule has 2 aromatic carbocycles. The first kappa shape index (κ1) is 22.7. The molecular weight excluding hydrogens is 408 g/mol. The molecule has 0 atom stereocenters. The first-order chi connectivity index (χ1) is 15.3. The van der Waals surface area contributed by atoms with Crippen molar-refractivity contribution in [1.29, 1.82) is 5.26 Å². The van der Waals surface area contributed by atoms with Crippen molar-refractivity contribution in [3.05, 3.63) is 53.9 Å². The zero-order valence-corrected chi connectivity index (χ0v) is 18.9. The second-order valence-corrected chi connectivity index (χ2v) is 7.33. The highest BCUT2D eigenvalue weighted by molar-refractivity contribution is 6.05. The summed E-state index contributed by atoms with van der Waals surface area (Å²) >= 11 is 0. The Kier molecular flexibility index (Phi) is 6.69. The van der Waals surface area contributed by atoms with Gasteiger partial charge in [0.1, 0.15) is 17.5 Å². The van der Waals surface area contributed by atoms with Crippen LogP contribution in [0.5, 0.6) is 11.5 Å². The fourth-order valence-electron chi connectivity index (χ4n) is 3.75. The van der Waals surface area contributed by atoms with Crippen LogP contribution in [0.2, 0.25) is 0 Å². The van der Waals surface area contributed by atoms with Crippen LogP contribution in [0.1, 0.15) is 12.8 Å². The average molecular weight is 434 g/mol. The van der Waals surface area contributed by atoms with E-state index in [1.807, 2.05) is 54.2 Å². The Morgan fingerprint density at radius 1 is 0.969 bits per heavy atom. The van der Waals surface area contributed by atoms with Crippen LogP contribution in [0.4, 0.5) is 17.1 Å². The van der Waals surface area contributed by atoms with E-state index >= 15 is 0 Å². The van der Waals surface area contributed by atoms with E-state index in [-0.39, 0.29) is 30.1 Å². The minimum absolute atomic E-state index is 0.0253. The number of allylic oxidation sites excluding steroid dienone is 1. The number of para-hydroxylation sites is 2. The summed E-state index contributed by atoms with van der Waals surface area (Å²) in [6, 6.07) is 14.9. The minimum atomic E-state index is -0.372. The monoisotopic (exact) mass is 434 g/mol. The predicted molar refractivity (Wildman–Crippen MR) is 123 cm³/mol. The minimum Gasteiger partial charge on any atom is -0.493 e. The molecule has 0 fully saturated rings. The molecule has 3 rings (SSSR count). The average Bonchev–Trinajstić information content (AvgIpc) is 3.07. The second kappa shape index (κ2) is 9.43. The maximum Gasteiger partial charge on any atom is 0.227 e. The van der Waals surface area contributed by atoms with Crippen molar-refractivity contribution >= 4 is 28.8 Å². The third-order valence-corrected chi connectivity index (χ3v) is 5.55. The smallest absolute Gasteiger partial charge is 0.227 e. The van der Waals surface area contributed by atoms with Crippen LogP contribution in [-0.4, -0.2) is 47.1 Å². The van der Waals surface area contributed by atoms with Gasteiger partial charge in [-0.05, 0) is 24.3 Å². The molecule has 0 bridgehead atoms. The first-order valence-corrected chi connectivity index (χ1v) is 10.1. The van der Waals surface area contributed by atoms with Crippen molar-refractivity contribution in [3.63, 3.8) is 0 Å². The predicted octanol–water partition coefficient (Wildman–Crippen LogP) is 3.34. The number of hydrogen-bond donors (Lipinski definition) is 0. The zero-order chi connectivity index (χ0) is 23.4. The van der Waals surface area contributed by atoms with E-state index < -0.39 is 0 Å². The van der Waals surface area contributed by atoms with Crippen LogP contribution in [0, 0.1) is 11.3 Å². The summed E-state index contributed by atoms with van der Waals surface area (Å²) in [6.07, 6.45) is -0.0939. The number of fused-ring (bicyclic) bond motifs is 1. The number of amides is 1. The number of hydrogen-bond acceptors (Lipinski definition) is 7. The Morgan fingerprint density at radius 3 is 2.09 bits per heavy atom. The maximum absolute atomic E-state index is 12.9. The molecule has 0 spiro atoms. The number of benzene rings is 2. The van der Waals surface area contributed by atoms with Crippen molar-refractivity contribution in [2.75, 3.05) is 50.1 Å². The number of ketones is 1. The second-order valence-electron chi connectivity index (χ2n) is 7.33. The number of ether oxygens (including phenoxy) is 2. The number of anilines is 3. The summed E-state index contributed by atoms with van der Waals surface area (Å²) in [7, 11) is 8.33. The molecule has 1 aliphatic heterocycles. The number of Topliss-reactive ketones (excluding diaryl/α,β-unsaturated/α-hetero) is 1. The molecule has 0 unspecified atom stereocenters. The molecule has 1 amide bonds. The number of methoxy groups -OCH3 is 2. The number of carbonyl (C=O) groups excluding carboxylic acids is 2. The van der Waals surface area contributed by atoms with Gasteiger partial charge in [0.05, 0.1) is 25.6 Å². The molecule has 0 radical (unpaired) electrons. The topological polar surface area (TPSA) is 86.1 Å². The van der Waals surface area contributed by atoms with Crippen LogP contribution >= 0.6 is 0 Å². The molecule has 8 heteroatoms. The molecule has 2 aromatic rings. The van der Waals surface area contributed by atoms with Crippen molar-refractivity contribution < 1.29 is 19.1 Å². The molecule has 1 aliphatic rings. The van der Waals surface area contributed by atoms with Gasteiger partial charge >= 0.3 is 0 Å². The summed E-state index contributed by atoms with van der Waals surface area (Å²) in [5, 5.41) is 9.73. The Morgan fingerprint density at radius 2 is 1.56 bits per heavy atom. The zero-order valence-electron chi connectivity index (χ0n) is 18.9. The molecular formula is C24H26N4O4. The van der Waals surface area contributed by atoms with Gasteiger partial charge in [-0.3, -0.25) is 9.59 Å². The van der Waals surface area contributed by atoms with E-state index in [4.69, 9.17) is 9.47 Å². The molecule has 0 aromatic heterocycles. The highest BCUT2D eigenvalue weighted by atomic mass is 16.5. The SMILES string of the molecule is COc1ccc(N(C)C(=O)CCC(=O)C(C#N)=C2N(C)c3ccccc3N2C)cc1OC. The molecule has 166 valence electrons. The maximum atomic E-state index is 12.9. The van der Waals surface area contributed by atoms with E-state index in [1.165, 1.54) is 19.1 Å². The summed E-state index contributed by atoms with van der Waals surface area (Å²) in [5.74, 6) is 0.958. The van der Waals surface area contributed by atoms with Crippen LogP contribution in [0.3, 0.4) is 0 Å². The molecule has 32 heavy (non-hydrogen) atoms. The van der Waals surface area contributed by atoms with E-state index in [0.717, 1.165) is 11.4 Å². The van der Waals surface area contributed by atoms with Gasteiger partial charge in [0.25, 0.3) is 0 Å². The van der Waals surface area contributed by atoms with Gasteiger partial charge in [0.2, 0.25) is 5.91 Å². The van der Waals surface area contributed by atoms with Gasteiger partial charge in [-0.1, -0.05) is 12.1 Å². The third kappa shape index (κ3) is 4.10. The summed E-state index contributed by atoms with van der Waals surface area (Å²) in [5.41, 5.74) is 2.47. The van der Waals surface area contributed by atoms with Gasteiger partial charge in [-0.15, -0.1) is 0 Å². The normalized spacial score (nSPS) is 12.2. The highest BCUT2D eigenvalue weighted by Crippen LogP contribution is 2.40. The van der Waals surface area contributed by atoms with Crippen molar-refractivity contribution in [3.8, 4) is 17.6 Å². The number of carbonyl (C=O) groups is 2. The molecule has 0 saturated heterocycles. The fourth-order valence-corrected chi connectivity index (χ4v) is 3.75. The standard InChI is InChI=1S/C24H26N4O4/c1-26(16-10-12-21(31-4)22(14-16)32-5)23(30)13-11-20(29)17(15-25)24-27(2)18-8-6-7-9-19(18)28(24)3/h6-10,12,14H,11,13H2,1-5H3. The van der Waals surface area contributed by atoms with Crippen molar-refractivity contribution in [2.24, 2.45) is 0 Å². The lowest BCUT2D eigenvalue weighted by Crippen LogP contribution is -2.28. The van der Waals surface area contributed by atoms with Crippen LogP contribution in [0.15, 0.2) is 53.9 Å². The lowest BCUT2D eigenvalue weighted by molar-refractivity contribution is -0.122. The summed E-state index contributed by atoms with van der Waals surface area (Å²) in [4.78, 5) is 30.7. The van der Waals surface area contributed by atoms with E-state index in [1.54, 1.807) is 25.2 Å². The van der Waals surface area contributed by atoms with Gasteiger partial charge in [-0.25, -0.2) is 0 Å². The Labute approximate surface area is 187 Å². The molecule has 8 nitrogen and oxygen atoms in total. The van der Waals surface area contributed by atoms with Crippen molar-refractivity contribution in [2.45, 2.75) is 12.8 Å². The summed E-state index contributed by atoms with van der Waals surface area (Å²) in [6.45, 7) is 0. The van der Waals surface area contributed by atoms with Gasteiger partial charge in [0, 0.05) is 45.7 Å². The largest absolute Gasteiger partial charge is 0.493 e. The van der Waals surface area contributed by atoms with E-state index in [9.17, 15) is 14.9 Å². The molecule has 0 saturated carbocycles. The lowest BCUT2D eigenvalue weighted by atomic mass is 10.1. The van der Waals surface area contributed by atoms with Gasteiger partial charge in [-0.2, -0.15) is 5.26 Å². The van der Waals surface area contributed by atoms with Gasteiger partial charge < -0.3 is 24.2 Å². The van der Waals surface area contributed by atoms with Crippen LogP contribution in [0.25, 0.3) is 0 Å². The number of nitriles is 1. The lowest BCUT2D eigenvalue weighted by Gasteiger charge is -2.20. The molecule has 0 N–H and O–H groups in total. The first-order valence-electron chi connectivity index (χ1n) is 10.1. The fraction of sp³-hybridized carbons (Fsp3) is 0.292. The molecule has 1 heterocycles. The third-order valence-electron chi connectivity index (χ3n) is 5.55. The quantitative estimate of drug-likeness (QED) is 0.488. The molecule has 0 aliphatic carbocycles. The van der Waals surface area contributed by atoms with E-state index in [2.05, 4.69) is 0 Å². The Bertz CT molecular complexity index is 1090. The number of nitrogens with zero attached hydrogens (tertiary/aromatic N) is 4. The Hall–Kier alpha value is -3.99. The van der Waals surface area contributed by atoms with Crippen LogP contribution < -0.4 is 24.2 Å². The van der Waals surface area contributed by atoms with Gasteiger partial charge in [0.15, 0.2) is 17.3 Å². The highest BCUT2D eigenvalue weighted by Gasteiger charge is 2.31. The number of rotatable bonds is 7. The summed E-state index contributed by atoms with van der Waals surface area (Å²) < 4.78 is 10.5. The van der Waals surface area contributed by atoms with Crippen molar-refractivity contribution in [1.82, 2.24) is 0 Å². The van der Waals surface area contributed by atoms with Crippen LogP contribution in [-0.2, 0) is 9.59 Å². The van der Waals surface area contributed by atoms with E-state index in [0.29, 0.717) is 23.0 Å². The Balaban J connectivity index is 1.74.